The normalized spacial score (nSPS) is 21.9. The Morgan fingerprint density at radius 2 is 1.97 bits per heavy atom. The van der Waals surface area contributed by atoms with Gasteiger partial charge in [0.05, 0.1) is 28.6 Å². The van der Waals surface area contributed by atoms with Gasteiger partial charge in [-0.3, -0.25) is 0 Å². The zero-order valence-corrected chi connectivity index (χ0v) is 21.7. The number of rotatable bonds is 7. The van der Waals surface area contributed by atoms with Crippen molar-refractivity contribution in [3.63, 3.8) is 0 Å². The van der Waals surface area contributed by atoms with Crippen molar-refractivity contribution in [1.82, 2.24) is 13.9 Å². The molecule has 3 aromatic rings. The lowest BCUT2D eigenvalue weighted by Gasteiger charge is -2.30. The molecule has 2 atom stereocenters. The second-order valence-electron chi connectivity index (χ2n) is 9.32. The molecule has 182 valence electrons. The molecule has 0 saturated carbocycles. The number of hydrogen-bond acceptors (Lipinski definition) is 5. The minimum Gasteiger partial charge on any atom is -0.376 e. The van der Waals surface area contributed by atoms with E-state index in [9.17, 15) is 8.42 Å². The zero-order chi connectivity index (χ0) is 23.7. The molecule has 0 N–H and O–H groups in total. The molecule has 0 spiro atoms. The lowest BCUT2D eigenvalue weighted by molar-refractivity contribution is 0.0960. The number of aromatic nitrogens is 2. The molecule has 3 heterocycles. The molecule has 0 aliphatic carbocycles. The molecule has 6 nitrogen and oxygen atoms in total. The number of hydrogen-bond donors (Lipinski definition) is 0. The van der Waals surface area contributed by atoms with Gasteiger partial charge in [-0.1, -0.05) is 42.4 Å². The van der Waals surface area contributed by atoms with Crippen molar-refractivity contribution in [3.8, 4) is 0 Å². The molecule has 0 unspecified atom stereocenters. The fourth-order valence-electron chi connectivity index (χ4n) is 4.77. The standard InChI is InChI=1S/C25H30ClN3O3S2/c1-18-4-2-12-28(15-18)34(30,31)22-10-11-24-23(14-22)27-25(29(24)16-21-5-3-13-32-21)33-17-19-6-8-20(26)9-7-19/h6-11,14,18,21H,2-5,12-13,15-17H2,1H3/t18-,21-/m0/s1. The maximum absolute atomic E-state index is 13.3. The summed E-state index contributed by atoms with van der Waals surface area (Å²) >= 11 is 7.68. The Bertz CT molecular complexity index is 1250. The Kier molecular flexibility index (Phi) is 7.23. The van der Waals surface area contributed by atoms with Gasteiger partial charge in [-0.25, -0.2) is 13.4 Å². The fraction of sp³-hybridized carbons (Fsp3) is 0.480. The van der Waals surface area contributed by atoms with Crippen LogP contribution in [0.25, 0.3) is 11.0 Å². The topological polar surface area (TPSA) is 64.4 Å². The van der Waals surface area contributed by atoms with Crippen LogP contribution < -0.4 is 0 Å². The van der Waals surface area contributed by atoms with Crippen LogP contribution in [0.3, 0.4) is 0 Å². The minimum absolute atomic E-state index is 0.158. The lowest BCUT2D eigenvalue weighted by atomic mass is 10.0. The summed E-state index contributed by atoms with van der Waals surface area (Å²) in [5, 5.41) is 1.60. The summed E-state index contributed by atoms with van der Waals surface area (Å²) in [6.07, 6.45) is 4.24. The summed E-state index contributed by atoms with van der Waals surface area (Å²) in [4.78, 5) is 5.21. The van der Waals surface area contributed by atoms with E-state index in [1.54, 1.807) is 28.2 Å². The second-order valence-corrected chi connectivity index (χ2v) is 12.6. The van der Waals surface area contributed by atoms with Crippen molar-refractivity contribution < 1.29 is 13.2 Å². The maximum atomic E-state index is 13.3. The summed E-state index contributed by atoms with van der Waals surface area (Å²) in [5.41, 5.74) is 2.82. The third kappa shape index (κ3) is 5.16. The first-order chi connectivity index (χ1) is 16.4. The van der Waals surface area contributed by atoms with Crippen LogP contribution in [-0.4, -0.2) is 48.1 Å². The van der Waals surface area contributed by atoms with Crippen LogP contribution in [0.2, 0.25) is 5.02 Å². The van der Waals surface area contributed by atoms with Gasteiger partial charge in [0.2, 0.25) is 10.0 Å². The molecule has 0 radical (unpaired) electrons. The van der Waals surface area contributed by atoms with Gasteiger partial charge in [0.1, 0.15) is 0 Å². The molecule has 2 fully saturated rings. The van der Waals surface area contributed by atoms with Crippen LogP contribution in [0.15, 0.2) is 52.5 Å². The predicted molar refractivity (Wildman–Crippen MR) is 137 cm³/mol. The van der Waals surface area contributed by atoms with Crippen molar-refractivity contribution >= 4 is 44.4 Å². The average molecular weight is 520 g/mol. The smallest absolute Gasteiger partial charge is 0.243 e. The van der Waals surface area contributed by atoms with E-state index >= 15 is 0 Å². The molecular weight excluding hydrogens is 490 g/mol. The summed E-state index contributed by atoms with van der Waals surface area (Å²) < 4.78 is 36.4. The molecule has 2 aromatic carbocycles. The molecule has 2 aliphatic rings. The highest BCUT2D eigenvalue weighted by molar-refractivity contribution is 7.98. The van der Waals surface area contributed by atoms with Gasteiger partial charge in [0.15, 0.2) is 5.16 Å². The van der Waals surface area contributed by atoms with Gasteiger partial charge in [0, 0.05) is 30.5 Å². The van der Waals surface area contributed by atoms with E-state index in [1.807, 2.05) is 30.3 Å². The summed E-state index contributed by atoms with van der Waals surface area (Å²) in [6, 6.07) is 13.2. The number of sulfonamides is 1. The first-order valence-electron chi connectivity index (χ1n) is 11.9. The first kappa shape index (κ1) is 24.1. The molecule has 1 aromatic heterocycles. The Morgan fingerprint density at radius 3 is 2.71 bits per heavy atom. The lowest BCUT2D eigenvalue weighted by Crippen LogP contribution is -2.39. The first-order valence-corrected chi connectivity index (χ1v) is 14.7. The number of ether oxygens (including phenoxy) is 1. The number of imidazole rings is 1. The van der Waals surface area contributed by atoms with E-state index in [1.165, 1.54) is 0 Å². The minimum atomic E-state index is -3.53. The summed E-state index contributed by atoms with van der Waals surface area (Å²) in [5.74, 6) is 1.14. The molecule has 0 amide bonds. The van der Waals surface area contributed by atoms with E-state index < -0.39 is 10.0 Å². The van der Waals surface area contributed by atoms with Crippen LogP contribution in [0.1, 0.15) is 38.2 Å². The molecule has 0 bridgehead atoms. The molecule has 2 aliphatic heterocycles. The monoisotopic (exact) mass is 519 g/mol. The SMILES string of the molecule is C[C@H]1CCCN(S(=O)(=O)c2ccc3c(c2)nc(SCc2ccc(Cl)cc2)n3C[C@@H]2CCCO2)C1. The van der Waals surface area contributed by atoms with Crippen molar-refractivity contribution in [2.24, 2.45) is 5.92 Å². The highest BCUT2D eigenvalue weighted by Gasteiger charge is 2.29. The fourth-order valence-corrected chi connectivity index (χ4v) is 7.49. The quantitative estimate of drug-likeness (QED) is 0.381. The number of thioether (sulfide) groups is 1. The average Bonchev–Trinajstić information content (AvgIpc) is 3.46. The van der Waals surface area contributed by atoms with Gasteiger partial charge >= 0.3 is 0 Å². The van der Waals surface area contributed by atoms with Gasteiger partial charge in [-0.05, 0) is 67.5 Å². The Hall–Kier alpha value is -1.58. The number of fused-ring (bicyclic) bond motifs is 1. The van der Waals surface area contributed by atoms with Crippen LogP contribution in [-0.2, 0) is 27.1 Å². The molecule has 2 saturated heterocycles. The van der Waals surface area contributed by atoms with Gasteiger partial charge in [-0.15, -0.1) is 0 Å². The zero-order valence-electron chi connectivity index (χ0n) is 19.3. The van der Waals surface area contributed by atoms with Crippen molar-refractivity contribution in [2.45, 2.75) is 61.1 Å². The third-order valence-corrected chi connectivity index (χ3v) is 9.79. The highest BCUT2D eigenvalue weighted by atomic mass is 35.5. The van der Waals surface area contributed by atoms with E-state index in [-0.39, 0.29) is 6.10 Å². The van der Waals surface area contributed by atoms with Crippen LogP contribution in [0.5, 0.6) is 0 Å². The van der Waals surface area contributed by atoms with Crippen LogP contribution >= 0.6 is 23.4 Å². The Labute approximate surface area is 210 Å². The molecule has 34 heavy (non-hydrogen) atoms. The van der Waals surface area contributed by atoms with Crippen LogP contribution in [0, 0.1) is 5.92 Å². The Morgan fingerprint density at radius 1 is 1.15 bits per heavy atom. The van der Waals surface area contributed by atoms with E-state index in [0.717, 1.165) is 65.8 Å². The predicted octanol–water partition coefficient (Wildman–Crippen LogP) is 5.58. The van der Waals surface area contributed by atoms with Crippen LogP contribution in [0.4, 0.5) is 0 Å². The Balaban J connectivity index is 1.46. The number of nitrogens with zero attached hydrogens (tertiary/aromatic N) is 3. The van der Waals surface area contributed by atoms with Gasteiger partial charge < -0.3 is 9.30 Å². The summed E-state index contributed by atoms with van der Waals surface area (Å²) in [6.45, 7) is 4.79. The van der Waals surface area contributed by atoms with Crippen molar-refractivity contribution in [1.29, 1.82) is 0 Å². The van der Waals surface area contributed by atoms with E-state index in [2.05, 4.69) is 11.5 Å². The van der Waals surface area contributed by atoms with E-state index in [4.69, 9.17) is 21.3 Å². The summed E-state index contributed by atoms with van der Waals surface area (Å²) in [7, 11) is -3.53. The maximum Gasteiger partial charge on any atom is 0.243 e. The van der Waals surface area contributed by atoms with Gasteiger partial charge in [0.25, 0.3) is 0 Å². The third-order valence-electron chi connectivity index (χ3n) is 6.63. The van der Waals surface area contributed by atoms with E-state index in [0.29, 0.717) is 29.4 Å². The number of benzene rings is 2. The highest BCUT2D eigenvalue weighted by Crippen LogP contribution is 2.31. The second kappa shape index (κ2) is 10.2. The van der Waals surface area contributed by atoms with Gasteiger partial charge in [-0.2, -0.15) is 4.31 Å². The molecule has 9 heteroatoms. The van der Waals surface area contributed by atoms with Crippen molar-refractivity contribution in [3.05, 3.63) is 53.1 Å². The molecule has 5 rings (SSSR count). The molecular formula is C25H30ClN3O3S2. The van der Waals surface area contributed by atoms with Crippen molar-refractivity contribution in [2.75, 3.05) is 19.7 Å². The number of piperidine rings is 1. The largest absolute Gasteiger partial charge is 0.376 e. The number of halogens is 1.